The second-order valence-corrected chi connectivity index (χ2v) is 3.38. The van der Waals surface area contributed by atoms with E-state index >= 15 is 0 Å². The largest absolute Gasteiger partial charge is 0.481 e. The Morgan fingerprint density at radius 3 is 2.93 bits per heavy atom. The predicted octanol–water partition coefficient (Wildman–Crippen LogP) is 1.07. The van der Waals surface area contributed by atoms with E-state index in [1.807, 2.05) is 0 Å². The summed E-state index contributed by atoms with van der Waals surface area (Å²) >= 11 is 5.37. The number of hydrogen-bond acceptors (Lipinski definition) is 3. The molecule has 15 heavy (non-hydrogen) atoms. The molecule has 0 radical (unpaired) electrons. The molecule has 1 heterocycles. The lowest BCUT2D eigenvalue weighted by Crippen LogP contribution is -2.28. The number of hydrogen-bond donors (Lipinski definition) is 1. The number of carboxylic acids is 1. The summed E-state index contributed by atoms with van der Waals surface area (Å²) in [6, 6.07) is -0.673. The zero-order valence-electron chi connectivity index (χ0n) is 7.78. The summed E-state index contributed by atoms with van der Waals surface area (Å²) in [5.74, 6) is -1.99. The average Bonchev–Trinajstić information content (AvgIpc) is 2.13. The molecular weight excluding hydrogens is 227 g/mol. The van der Waals surface area contributed by atoms with Crippen molar-refractivity contribution >= 4 is 17.6 Å². The highest BCUT2D eigenvalue weighted by Crippen LogP contribution is 2.10. The van der Waals surface area contributed by atoms with Crippen molar-refractivity contribution in [1.29, 1.82) is 0 Å². The van der Waals surface area contributed by atoms with Crippen LogP contribution in [0.4, 0.5) is 4.39 Å². The first kappa shape index (κ1) is 11.6. The van der Waals surface area contributed by atoms with E-state index in [9.17, 15) is 14.0 Å². The van der Waals surface area contributed by atoms with Gasteiger partial charge in [0.05, 0.1) is 18.7 Å². The van der Waals surface area contributed by atoms with Gasteiger partial charge in [-0.1, -0.05) is 11.6 Å². The monoisotopic (exact) mass is 234 g/mol. The zero-order valence-corrected chi connectivity index (χ0v) is 8.53. The van der Waals surface area contributed by atoms with Crippen molar-refractivity contribution in [2.45, 2.75) is 19.4 Å². The lowest BCUT2D eigenvalue weighted by atomic mass is 10.2. The Hall–Kier alpha value is -1.43. The number of carbonyl (C=O) groups is 1. The Morgan fingerprint density at radius 1 is 1.80 bits per heavy atom. The van der Waals surface area contributed by atoms with E-state index in [0.29, 0.717) is 0 Å². The summed E-state index contributed by atoms with van der Waals surface area (Å²) in [5.41, 5.74) is -0.828. The van der Waals surface area contributed by atoms with Crippen LogP contribution in [0.25, 0.3) is 0 Å². The number of nitrogens with zero attached hydrogens (tertiary/aromatic N) is 2. The average molecular weight is 235 g/mol. The van der Waals surface area contributed by atoms with Crippen molar-refractivity contribution in [3.8, 4) is 0 Å². The van der Waals surface area contributed by atoms with Crippen molar-refractivity contribution in [2.75, 3.05) is 0 Å². The molecule has 1 unspecified atom stereocenters. The molecular formula is C8H8ClFN2O3. The third kappa shape index (κ3) is 2.53. The van der Waals surface area contributed by atoms with Gasteiger partial charge in [-0.25, -0.2) is 9.07 Å². The van der Waals surface area contributed by atoms with Crippen LogP contribution in [0, 0.1) is 5.82 Å². The highest BCUT2D eigenvalue weighted by atomic mass is 35.5. The van der Waals surface area contributed by atoms with Gasteiger partial charge in [-0.3, -0.25) is 9.59 Å². The van der Waals surface area contributed by atoms with E-state index in [1.54, 1.807) is 0 Å². The Bertz CT molecular complexity index is 446. The van der Waals surface area contributed by atoms with Crippen LogP contribution in [0.3, 0.4) is 0 Å². The maximum Gasteiger partial charge on any atom is 0.305 e. The van der Waals surface area contributed by atoms with E-state index in [2.05, 4.69) is 5.10 Å². The Kier molecular flexibility index (Phi) is 3.41. The van der Waals surface area contributed by atoms with Crippen molar-refractivity contribution < 1.29 is 14.3 Å². The Labute approximate surface area is 89.1 Å². The highest BCUT2D eigenvalue weighted by molar-refractivity contribution is 6.30. The number of aliphatic carboxylic acids is 1. The van der Waals surface area contributed by atoms with Gasteiger partial charge in [-0.05, 0) is 6.92 Å². The third-order valence-corrected chi connectivity index (χ3v) is 2.13. The SMILES string of the molecule is CC(CC(=O)O)n1ncc(F)c(Cl)c1=O. The summed E-state index contributed by atoms with van der Waals surface area (Å²) in [6.07, 6.45) is 0.497. The molecule has 0 aromatic carbocycles. The molecule has 1 N–H and O–H groups in total. The van der Waals surface area contributed by atoms with Crippen LogP contribution in [-0.2, 0) is 4.79 Å². The second kappa shape index (κ2) is 4.39. The van der Waals surface area contributed by atoms with E-state index in [-0.39, 0.29) is 6.42 Å². The van der Waals surface area contributed by atoms with Gasteiger partial charge in [-0.15, -0.1) is 0 Å². The molecule has 1 rings (SSSR count). The molecule has 1 atom stereocenters. The molecule has 0 amide bonds. The predicted molar refractivity (Wildman–Crippen MR) is 50.4 cm³/mol. The summed E-state index contributed by atoms with van der Waals surface area (Å²) in [5, 5.41) is 11.4. The molecule has 82 valence electrons. The molecule has 0 bridgehead atoms. The van der Waals surface area contributed by atoms with Crippen molar-refractivity contribution in [2.24, 2.45) is 0 Å². The van der Waals surface area contributed by atoms with Gasteiger partial charge in [0.25, 0.3) is 5.56 Å². The minimum atomic E-state index is -1.07. The summed E-state index contributed by atoms with van der Waals surface area (Å²) in [4.78, 5) is 21.7. The maximum absolute atomic E-state index is 12.8. The standard InChI is InChI=1S/C8H8ClFN2O3/c1-4(2-6(13)14)12-8(15)7(9)5(10)3-11-12/h3-4H,2H2,1H3,(H,13,14). The Morgan fingerprint density at radius 2 is 2.40 bits per heavy atom. The van der Waals surface area contributed by atoms with Crippen molar-refractivity contribution in [3.05, 3.63) is 27.4 Å². The molecule has 0 aliphatic carbocycles. The number of halogens is 2. The van der Waals surface area contributed by atoms with Crippen LogP contribution in [0.1, 0.15) is 19.4 Å². The number of rotatable bonds is 3. The van der Waals surface area contributed by atoms with E-state index in [4.69, 9.17) is 16.7 Å². The fourth-order valence-corrected chi connectivity index (χ4v) is 1.21. The fourth-order valence-electron chi connectivity index (χ4n) is 1.08. The topological polar surface area (TPSA) is 72.2 Å². The minimum Gasteiger partial charge on any atom is -0.481 e. The van der Waals surface area contributed by atoms with Gasteiger partial charge in [-0.2, -0.15) is 5.10 Å². The number of carboxylic acid groups (broad SMARTS) is 1. The lowest BCUT2D eigenvalue weighted by molar-refractivity contribution is -0.137. The summed E-state index contributed by atoms with van der Waals surface area (Å²) < 4.78 is 13.6. The van der Waals surface area contributed by atoms with Crippen molar-refractivity contribution in [1.82, 2.24) is 9.78 Å². The van der Waals surface area contributed by atoms with Crippen LogP contribution >= 0.6 is 11.6 Å². The highest BCUT2D eigenvalue weighted by Gasteiger charge is 2.15. The van der Waals surface area contributed by atoms with Gasteiger partial charge < -0.3 is 5.11 Å². The first-order valence-electron chi connectivity index (χ1n) is 4.08. The third-order valence-electron chi connectivity index (χ3n) is 1.79. The lowest BCUT2D eigenvalue weighted by Gasteiger charge is -2.11. The minimum absolute atomic E-state index is 0.283. The molecule has 1 aromatic heterocycles. The molecule has 0 aliphatic rings. The van der Waals surface area contributed by atoms with Gasteiger partial charge in [0.2, 0.25) is 0 Å². The second-order valence-electron chi connectivity index (χ2n) is 3.00. The molecule has 7 heteroatoms. The fraction of sp³-hybridized carbons (Fsp3) is 0.375. The number of aromatic nitrogens is 2. The maximum atomic E-state index is 12.8. The van der Waals surface area contributed by atoms with E-state index in [1.165, 1.54) is 6.92 Å². The first-order valence-corrected chi connectivity index (χ1v) is 4.46. The first-order chi connectivity index (χ1) is 6.93. The molecule has 0 aliphatic heterocycles. The van der Waals surface area contributed by atoms with Crippen LogP contribution in [0.2, 0.25) is 5.02 Å². The normalized spacial score (nSPS) is 12.5. The molecule has 0 saturated carbocycles. The van der Waals surface area contributed by atoms with Gasteiger partial charge in [0, 0.05) is 0 Å². The molecule has 5 nitrogen and oxygen atoms in total. The van der Waals surface area contributed by atoms with Gasteiger partial charge in [0.1, 0.15) is 5.02 Å². The quantitative estimate of drug-likeness (QED) is 0.849. The molecule has 1 aromatic rings. The smallest absolute Gasteiger partial charge is 0.305 e. The van der Waals surface area contributed by atoms with Gasteiger partial charge >= 0.3 is 5.97 Å². The van der Waals surface area contributed by atoms with Crippen LogP contribution < -0.4 is 5.56 Å². The van der Waals surface area contributed by atoms with Crippen molar-refractivity contribution in [3.63, 3.8) is 0 Å². The van der Waals surface area contributed by atoms with Crippen LogP contribution in [0.5, 0.6) is 0 Å². The van der Waals surface area contributed by atoms with E-state index < -0.39 is 28.4 Å². The molecule has 0 spiro atoms. The summed E-state index contributed by atoms with van der Waals surface area (Å²) in [7, 11) is 0. The summed E-state index contributed by atoms with van der Waals surface area (Å²) in [6.45, 7) is 1.48. The van der Waals surface area contributed by atoms with Gasteiger partial charge in [0.15, 0.2) is 5.82 Å². The van der Waals surface area contributed by atoms with E-state index in [0.717, 1.165) is 10.9 Å². The van der Waals surface area contributed by atoms with Crippen LogP contribution in [-0.4, -0.2) is 20.9 Å². The zero-order chi connectivity index (χ0) is 11.6. The molecule has 0 fully saturated rings. The Balaban J connectivity index is 3.11. The molecule has 0 saturated heterocycles. The van der Waals surface area contributed by atoms with Crippen LogP contribution in [0.15, 0.2) is 11.0 Å².